The monoisotopic (exact) mass is 301 g/mol. The lowest BCUT2D eigenvalue weighted by atomic mass is 10.1. The van der Waals surface area contributed by atoms with E-state index in [0.29, 0.717) is 6.61 Å². The highest BCUT2D eigenvalue weighted by Crippen LogP contribution is 2.19. The standard InChI is InChI=1S/C13H17BrFNO/c14-13-7-12(15)2-1-11(13)9-17-6-4-10-3-5-16-8-10/h1-2,7,10,16H,3-6,8-9H2. The molecule has 2 nitrogen and oxygen atoms in total. The van der Waals surface area contributed by atoms with E-state index < -0.39 is 0 Å². The van der Waals surface area contributed by atoms with Crippen LogP contribution in [0.15, 0.2) is 22.7 Å². The van der Waals surface area contributed by atoms with Crippen molar-refractivity contribution < 1.29 is 9.13 Å². The molecule has 0 radical (unpaired) electrons. The Morgan fingerprint density at radius 3 is 3.06 bits per heavy atom. The minimum Gasteiger partial charge on any atom is -0.377 e. The van der Waals surface area contributed by atoms with E-state index in [1.807, 2.05) is 0 Å². The molecule has 0 spiro atoms. The number of benzene rings is 1. The zero-order valence-corrected chi connectivity index (χ0v) is 11.3. The molecule has 0 aromatic heterocycles. The molecule has 4 heteroatoms. The van der Waals surface area contributed by atoms with Crippen molar-refractivity contribution in [2.45, 2.75) is 19.4 Å². The molecule has 1 saturated heterocycles. The van der Waals surface area contributed by atoms with Crippen LogP contribution in [0.2, 0.25) is 0 Å². The lowest BCUT2D eigenvalue weighted by molar-refractivity contribution is 0.108. The molecule has 1 fully saturated rings. The van der Waals surface area contributed by atoms with E-state index in [-0.39, 0.29) is 5.82 Å². The molecule has 1 aliphatic rings. The van der Waals surface area contributed by atoms with Gasteiger partial charge in [-0.25, -0.2) is 4.39 Å². The molecule has 17 heavy (non-hydrogen) atoms. The third-order valence-corrected chi connectivity index (χ3v) is 3.84. The van der Waals surface area contributed by atoms with Gasteiger partial charge in [0.15, 0.2) is 0 Å². The van der Waals surface area contributed by atoms with Crippen molar-refractivity contribution in [3.63, 3.8) is 0 Å². The van der Waals surface area contributed by atoms with Crippen molar-refractivity contribution in [2.75, 3.05) is 19.7 Å². The van der Waals surface area contributed by atoms with Crippen LogP contribution < -0.4 is 5.32 Å². The zero-order valence-electron chi connectivity index (χ0n) is 9.72. The molecule has 1 atom stereocenters. The SMILES string of the molecule is Fc1ccc(COCCC2CCNC2)c(Br)c1. The Morgan fingerprint density at radius 1 is 1.47 bits per heavy atom. The lowest BCUT2D eigenvalue weighted by Crippen LogP contribution is -2.10. The predicted octanol–water partition coefficient (Wildman–Crippen LogP) is 3.10. The van der Waals surface area contributed by atoms with Gasteiger partial charge in [-0.15, -0.1) is 0 Å². The van der Waals surface area contributed by atoms with Gasteiger partial charge in [0.1, 0.15) is 5.82 Å². The van der Waals surface area contributed by atoms with Crippen LogP contribution in [0.25, 0.3) is 0 Å². The Kier molecular flexibility index (Phi) is 4.95. The Bertz CT molecular complexity index is 366. The largest absolute Gasteiger partial charge is 0.377 e. The lowest BCUT2D eigenvalue weighted by Gasteiger charge is -2.09. The van der Waals surface area contributed by atoms with E-state index in [0.717, 1.165) is 42.1 Å². The molecule has 1 aromatic rings. The summed E-state index contributed by atoms with van der Waals surface area (Å²) in [4.78, 5) is 0. The number of halogens is 2. The maximum atomic E-state index is 12.9. The van der Waals surface area contributed by atoms with Gasteiger partial charge < -0.3 is 10.1 Å². The van der Waals surface area contributed by atoms with Crippen molar-refractivity contribution in [2.24, 2.45) is 5.92 Å². The number of hydrogen-bond donors (Lipinski definition) is 1. The molecular weight excluding hydrogens is 285 g/mol. The molecule has 1 aromatic carbocycles. The topological polar surface area (TPSA) is 21.3 Å². The van der Waals surface area contributed by atoms with E-state index >= 15 is 0 Å². The second-order valence-electron chi connectivity index (χ2n) is 4.44. The highest BCUT2D eigenvalue weighted by Gasteiger charge is 2.13. The Labute approximate surface area is 110 Å². The fourth-order valence-electron chi connectivity index (χ4n) is 2.03. The number of hydrogen-bond acceptors (Lipinski definition) is 2. The van der Waals surface area contributed by atoms with Crippen LogP contribution in [0, 0.1) is 11.7 Å². The molecule has 1 unspecified atom stereocenters. The summed E-state index contributed by atoms with van der Waals surface area (Å²) in [5, 5.41) is 3.34. The fourth-order valence-corrected chi connectivity index (χ4v) is 2.50. The van der Waals surface area contributed by atoms with Gasteiger partial charge in [-0.1, -0.05) is 22.0 Å². The first-order valence-electron chi connectivity index (χ1n) is 5.98. The quantitative estimate of drug-likeness (QED) is 0.844. The Morgan fingerprint density at radius 2 is 2.35 bits per heavy atom. The number of nitrogens with one attached hydrogen (secondary N) is 1. The Balaban J connectivity index is 1.70. The summed E-state index contributed by atoms with van der Waals surface area (Å²) >= 11 is 3.34. The molecule has 0 saturated carbocycles. The van der Waals surface area contributed by atoms with Gasteiger partial charge >= 0.3 is 0 Å². The molecule has 1 aliphatic heterocycles. The van der Waals surface area contributed by atoms with Crippen LogP contribution in [0.3, 0.4) is 0 Å². The highest BCUT2D eigenvalue weighted by atomic mass is 79.9. The van der Waals surface area contributed by atoms with Crippen LogP contribution in [-0.2, 0) is 11.3 Å². The summed E-state index contributed by atoms with van der Waals surface area (Å²) in [6.45, 7) is 3.56. The van der Waals surface area contributed by atoms with E-state index in [2.05, 4.69) is 21.2 Å². The summed E-state index contributed by atoms with van der Waals surface area (Å²) in [5.41, 5.74) is 0.996. The second-order valence-corrected chi connectivity index (χ2v) is 5.29. The fraction of sp³-hybridized carbons (Fsp3) is 0.538. The third-order valence-electron chi connectivity index (χ3n) is 3.11. The summed E-state index contributed by atoms with van der Waals surface area (Å²) in [6, 6.07) is 4.69. The average Bonchev–Trinajstić information content (AvgIpc) is 2.79. The van der Waals surface area contributed by atoms with Gasteiger partial charge in [0.25, 0.3) is 0 Å². The van der Waals surface area contributed by atoms with Crippen molar-refractivity contribution in [1.29, 1.82) is 0 Å². The van der Waals surface area contributed by atoms with Crippen LogP contribution in [-0.4, -0.2) is 19.7 Å². The second kappa shape index (κ2) is 6.47. The van der Waals surface area contributed by atoms with Crippen molar-refractivity contribution >= 4 is 15.9 Å². The molecule has 1 heterocycles. The van der Waals surface area contributed by atoms with E-state index in [1.54, 1.807) is 6.07 Å². The van der Waals surface area contributed by atoms with Gasteiger partial charge in [0.05, 0.1) is 6.61 Å². The predicted molar refractivity (Wildman–Crippen MR) is 69.3 cm³/mol. The third kappa shape index (κ3) is 4.05. The average molecular weight is 302 g/mol. The minimum atomic E-state index is -0.224. The summed E-state index contributed by atoms with van der Waals surface area (Å²) < 4.78 is 19.3. The normalized spacial score (nSPS) is 19.8. The van der Waals surface area contributed by atoms with Crippen LogP contribution >= 0.6 is 15.9 Å². The van der Waals surface area contributed by atoms with Crippen molar-refractivity contribution in [1.82, 2.24) is 5.32 Å². The van der Waals surface area contributed by atoms with Crippen molar-refractivity contribution in [3.05, 3.63) is 34.1 Å². The molecule has 1 N–H and O–H groups in total. The van der Waals surface area contributed by atoms with Crippen LogP contribution in [0.4, 0.5) is 4.39 Å². The molecular formula is C13H17BrFNO. The smallest absolute Gasteiger partial charge is 0.124 e. The van der Waals surface area contributed by atoms with Gasteiger partial charge in [0, 0.05) is 11.1 Å². The first kappa shape index (κ1) is 13.0. The minimum absolute atomic E-state index is 0.224. The molecule has 94 valence electrons. The van der Waals surface area contributed by atoms with Gasteiger partial charge in [-0.3, -0.25) is 0 Å². The first-order valence-corrected chi connectivity index (χ1v) is 6.77. The zero-order chi connectivity index (χ0) is 12.1. The van der Waals surface area contributed by atoms with E-state index in [4.69, 9.17) is 4.74 Å². The molecule has 2 rings (SSSR count). The molecule has 0 bridgehead atoms. The van der Waals surface area contributed by atoms with Gasteiger partial charge in [-0.05, 0) is 49.5 Å². The Hall–Kier alpha value is -0.450. The van der Waals surface area contributed by atoms with Crippen molar-refractivity contribution in [3.8, 4) is 0 Å². The summed E-state index contributed by atoms with van der Waals surface area (Å²) in [7, 11) is 0. The van der Waals surface area contributed by atoms with E-state index in [1.165, 1.54) is 18.6 Å². The van der Waals surface area contributed by atoms with E-state index in [9.17, 15) is 4.39 Å². The van der Waals surface area contributed by atoms with Crippen LogP contribution in [0.5, 0.6) is 0 Å². The summed E-state index contributed by atoms with van der Waals surface area (Å²) in [5.74, 6) is 0.532. The highest BCUT2D eigenvalue weighted by molar-refractivity contribution is 9.10. The number of ether oxygens (including phenoxy) is 1. The molecule has 0 amide bonds. The number of rotatable bonds is 5. The maximum Gasteiger partial charge on any atom is 0.124 e. The van der Waals surface area contributed by atoms with Gasteiger partial charge in [0.2, 0.25) is 0 Å². The first-order chi connectivity index (χ1) is 8.25. The van der Waals surface area contributed by atoms with Crippen LogP contribution in [0.1, 0.15) is 18.4 Å². The van der Waals surface area contributed by atoms with Gasteiger partial charge in [-0.2, -0.15) is 0 Å². The summed E-state index contributed by atoms with van der Waals surface area (Å²) in [6.07, 6.45) is 2.36. The molecule has 0 aliphatic carbocycles. The maximum absolute atomic E-state index is 12.9.